The van der Waals surface area contributed by atoms with Crippen LogP contribution in [0.4, 0.5) is 0 Å². The first-order chi connectivity index (χ1) is 9.97. The number of halogens is 1. The summed E-state index contributed by atoms with van der Waals surface area (Å²) in [5, 5.41) is 10.4. The van der Waals surface area contributed by atoms with Crippen LogP contribution in [0, 0.1) is 0 Å². The Labute approximate surface area is 154 Å². The van der Waals surface area contributed by atoms with Gasteiger partial charge >= 0.3 is 0 Å². The van der Waals surface area contributed by atoms with Gasteiger partial charge in [-0.2, -0.15) is 16.7 Å². The Balaban J connectivity index is 0.00000441. The molecule has 0 aliphatic heterocycles. The topological polar surface area (TPSA) is 75.3 Å². The van der Waals surface area contributed by atoms with Gasteiger partial charge in [-0.3, -0.25) is 4.99 Å². The van der Waals surface area contributed by atoms with E-state index in [1.807, 2.05) is 32.5 Å². The van der Waals surface area contributed by atoms with Crippen LogP contribution in [-0.2, 0) is 12.0 Å². The summed E-state index contributed by atoms with van der Waals surface area (Å²) in [6, 6.07) is 0. The number of rotatable bonds is 7. The van der Waals surface area contributed by atoms with Crippen molar-refractivity contribution in [2.24, 2.45) is 4.99 Å². The lowest BCUT2D eigenvalue weighted by Gasteiger charge is -2.11. The average molecular weight is 441 g/mol. The maximum Gasteiger partial charge on any atom is 0.232 e. The van der Waals surface area contributed by atoms with E-state index in [2.05, 4.69) is 32.0 Å². The minimum atomic E-state index is -0.123. The number of unbranched alkanes of at least 4 members (excludes halogenated alkanes) is 1. The molecule has 0 aliphatic carbocycles. The van der Waals surface area contributed by atoms with Crippen molar-refractivity contribution >= 4 is 41.7 Å². The smallest absolute Gasteiger partial charge is 0.232 e. The normalized spacial score (nSPS) is 12.0. The highest BCUT2D eigenvalue weighted by molar-refractivity contribution is 14.0. The Morgan fingerprint density at radius 2 is 2.00 bits per heavy atom. The van der Waals surface area contributed by atoms with E-state index in [4.69, 9.17) is 4.52 Å². The van der Waals surface area contributed by atoms with Gasteiger partial charge in [0.05, 0.1) is 6.54 Å². The quantitative estimate of drug-likeness (QED) is 0.293. The molecule has 0 atom stereocenters. The fraction of sp³-hybridized carbons (Fsp3) is 0.786. The Kier molecular flexibility index (Phi) is 10.8. The number of guanidine groups is 1. The summed E-state index contributed by atoms with van der Waals surface area (Å²) < 4.78 is 5.26. The van der Waals surface area contributed by atoms with Gasteiger partial charge in [-0.25, -0.2) is 0 Å². The molecule has 128 valence electrons. The number of hydrogen-bond donors (Lipinski definition) is 2. The zero-order chi connectivity index (χ0) is 15.7. The number of hydrogen-bond acceptors (Lipinski definition) is 5. The van der Waals surface area contributed by atoms with Crippen molar-refractivity contribution < 1.29 is 4.52 Å². The van der Waals surface area contributed by atoms with Crippen LogP contribution in [0.1, 0.15) is 45.3 Å². The molecule has 0 saturated heterocycles. The number of nitrogens with zero attached hydrogens (tertiary/aromatic N) is 3. The van der Waals surface area contributed by atoms with Crippen LogP contribution in [0.15, 0.2) is 9.52 Å². The summed E-state index contributed by atoms with van der Waals surface area (Å²) in [4.78, 5) is 8.56. The zero-order valence-corrected chi connectivity index (χ0v) is 17.2. The maximum atomic E-state index is 5.26. The number of aliphatic imine (C=N–C) groups is 1. The molecule has 6 nitrogen and oxygen atoms in total. The molecular formula is C14H28IN5OS. The Bertz CT molecular complexity index is 445. The Hall–Kier alpha value is -0.510. The molecule has 1 aromatic rings. The van der Waals surface area contributed by atoms with E-state index in [9.17, 15) is 0 Å². The summed E-state index contributed by atoms with van der Waals surface area (Å²) in [5.41, 5.74) is -0.123. The predicted molar refractivity (Wildman–Crippen MR) is 104 cm³/mol. The molecular weight excluding hydrogens is 413 g/mol. The molecule has 2 N–H and O–H groups in total. The van der Waals surface area contributed by atoms with Crippen molar-refractivity contribution in [2.45, 2.75) is 45.6 Å². The van der Waals surface area contributed by atoms with Gasteiger partial charge in [-0.1, -0.05) is 25.9 Å². The molecule has 1 rings (SSSR count). The SMILES string of the molecule is CN=C(NCCCCSC)NCc1noc(C(C)(C)C)n1.I. The highest BCUT2D eigenvalue weighted by atomic mass is 127. The molecule has 1 heterocycles. The third kappa shape index (κ3) is 8.21. The molecule has 8 heteroatoms. The van der Waals surface area contributed by atoms with Gasteiger partial charge in [-0.15, -0.1) is 24.0 Å². The summed E-state index contributed by atoms with van der Waals surface area (Å²) >= 11 is 1.88. The molecule has 0 unspecified atom stereocenters. The van der Waals surface area contributed by atoms with Gasteiger partial charge in [0, 0.05) is 19.0 Å². The third-order valence-corrected chi connectivity index (χ3v) is 3.51. The van der Waals surface area contributed by atoms with Crippen LogP contribution < -0.4 is 10.6 Å². The van der Waals surface area contributed by atoms with Crippen molar-refractivity contribution in [3.8, 4) is 0 Å². The van der Waals surface area contributed by atoms with E-state index in [1.54, 1.807) is 7.05 Å². The van der Waals surface area contributed by atoms with E-state index < -0.39 is 0 Å². The van der Waals surface area contributed by atoms with Crippen LogP contribution in [0.2, 0.25) is 0 Å². The van der Waals surface area contributed by atoms with E-state index in [0.29, 0.717) is 18.3 Å². The molecule has 0 aliphatic rings. The van der Waals surface area contributed by atoms with E-state index >= 15 is 0 Å². The lowest BCUT2D eigenvalue weighted by atomic mass is 9.97. The average Bonchev–Trinajstić information content (AvgIpc) is 2.91. The maximum absolute atomic E-state index is 5.26. The minimum absolute atomic E-state index is 0. The molecule has 1 aromatic heterocycles. The second-order valence-electron chi connectivity index (χ2n) is 5.82. The van der Waals surface area contributed by atoms with Gasteiger partial charge in [0.15, 0.2) is 11.8 Å². The standard InChI is InChI=1S/C14H27N5OS.HI/c1-14(2,3)12-18-11(19-20-12)10-17-13(15-4)16-8-6-7-9-21-5;/h6-10H2,1-5H3,(H2,15,16,17);1H. The van der Waals surface area contributed by atoms with Crippen LogP contribution >= 0.6 is 35.7 Å². The van der Waals surface area contributed by atoms with Crippen molar-refractivity contribution in [1.29, 1.82) is 0 Å². The van der Waals surface area contributed by atoms with Crippen molar-refractivity contribution in [1.82, 2.24) is 20.8 Å². The molecule has 0 amide bonds. The van der Waals surface area contributed by atoms with Crippen molar-refractivity contribution in [2.75, 3.05) is 25.6 Å². The summed E-state index contributed by atoms with van der Waals surface area (Å²) in [5.74, 6) is 3.26. The molecule has 0 bridgehead atoms. The predicted octanol–water partition coefficient (Wildman–Crippen LogP) is 2.79. The molecule has 0 radical (unpaired) electrons. The number of aromatic nitrogens is 2. The first-order valence-electron chi connectivity index (χ1n) is 7.24. The zero-order valence-electron chi connectivity index (χ0n) is 14.1. The van der Waals surface area contributed by atoms with Gasteiger partial charge in [-0.05, 0) is 24.9 Å². The largest absolute Gasteiger partial charge is 0.356 e. The van der Waals surface area contributed by atoms with E-state index in [-0.39, 0.29) is 29.4 Å². The summed E-state index contributed by atoms with van der Waals surface area (Å²) in [6.07, 6.45) is 4.48. The summed E-state index contributed by atoms with van der Waals surface area (Å²) in [7, 11) is 1.76. The minimum Gasteiger partial charge on any atom is -0.356 e. The van der Waals surface area contributed by atoms with Gasteiger partial charge < -0.3 is 15.2 Å². The lowest BCUT2D eigenvalue weighted by Crippen LogP contribution is -2.37. The number of thioether (sulfide) groups is 1. The fourth-order valence-corrected chi connectivity index (χ4v) is 2.08. The first-order valence-corrected chi connectivity index (χ1v) is 8.63. The molecule has 0 aromatic carbocycles. The molecule has 22 heavy (non-hydrogen) atoms. The van der Waals surface area contributed by atoms with Crippen LogP contribution in [-0.4, -0.2) is 41.7 Å². The van der Waals surface area contributed by atoms with Gasteiger partial charge in [0.25, 0.3) is 0 Å². The van der Waals surface area contributed by atoms with E-state index in [1.165, 1.54) is 12.2 Å². The van der Waals surface area contributed by atoms with Crippen LogP contribution in [0.25, 0.3) is 0 Å². The third-order valence-electron chi connectivity index (χ3n) is 2.81. The van der Waals surface area contributed by atoms with Crippen LogP contribution in [0.3, 0.4) is 0 Å². The van der Waals surface area contributed by atoms with Crippen LogP contribution in [0.5, 0.6) is 0 Å². The highest BCUT2D eigenvalue weighted by Gasteiger charge is 2.21. The fourth-order valence-electron chi connectivity index (χ4n) is 1.59. The van der Waals surface area contributed by atoms with E-state index in [0.717, 1.165) is 18.9 Å². The summed E-state index contributed by atoms with van der Waals surface area (Å²) in [6.45, 7) is 7.57. The second kappa shape index (κ2) is 11.1. The molecule has 0 fully saturated rings. The van der Waals surface area contributed by atoms with Crippen molar-refractivity contribution in [3.05, 3.63) is 11.7 Å². The molecule has 0 saturated carbocycles. The Morgan fingerprint density at radius 1 is 1.27 bits per heavy atom. The number of nitrogens with one attached hydrogen (secondary N) is 2. The van der Waals surface area contributed by atoms with Gasteiger partial charge in [0.2, 0.25) is 5.89 Å². The first kappa shape index (κ1) is 21.5. The molecule has 0 spiro atoms. The Morgan fingerprint density at radius 3 is 2.55 bits per heavy atom. The van der Waals surface area contributed by atoms with Gasteiger partial charge in [0.1, 0.15) is 0 Å². The van der Waals surface area contributed by atoms with Crippen molar-refractivity contribution in [3.63, 3.8) is 0 Å². The monoisotopic (exact) mass is 441 g/mol. The lowest BCUT2D eigenvalue weighted by molar-refractivity contribution is 0.318. The second-order valence-corrected chi connectivity index (χ2v) is 6.80. The highest BCUT2D eigenvalue weighted by Crippen LogP contribution is 2.19.